The van der Waals surface area contributed by atoms with E-state index in [-0.39, 0.29) is 23.6 Å². The first kappa shape index (κ1) is 18.2. The second kappa shape index (κ2) is 6.75. The van der Waals surface area contributed by atoms with E-state index >= 15 is 0 Å². The van der Waals surface area contributed by atoms with Crippen LogP contribution in [0.3, 0.4) is 0 Å². The van der Waals surface area contributed by atoms with Crippen LogP contribution in [0.2, 0.25) is 0 Å². The average Bonchev–Trinajstić information content (AvgIpc) is 2.94. The summed E-state index contributed by atoms with van der Waals surface area (Å²) in [5.74, 6) is -0.313. The second-order valence-electron chi connectivity index (χ2n) is 7.11. The molecule has 3 aromatic rings. The number of fused-ring (bicyclic) bond motifs is 2. The molecule has 0 aromatic carbocycles. The summed E-state index contributed by atoms with van der Waals surface area (Å²) in [5, 5.41) is 9.34. The van der Waals surface area contributed by atoms with Crippen molar-refractivity contribution in [2.24, 2.45) is 7.05 Å². The highest BCUT2D eigenvalue weighted by atomic mass is 16.2. The summed E-state index contributed by atoms with van der Waals surface area (Å²) in [6.07, 6.45) is 0.682. The van der Waals surface area contributed by atoms with Crippen LogP contribution in [0.15, 0.2) is 15.7 Å². The van der Waals surface area contributed by atoms with Gasteiger partial charge in [-0.3, -0.25) is 24.2 Å². The molecule has 0 fully saturated rings. The van der Waals surface area contributed by atoms with Gasteiger partial charge in [-0.25, -0.2) is 4.98 Å². The smallest absolute Gasteiger partial charge is 0.273 e. The molecular formula is C19H22N6O3. The minimum atomic E-state index is -0.313. The molecule has 0 radical (unpaired) electrons. The number of nitrogens with one attached hydrogen (secondary N) is 4. The number of hydrogen-bond acceptors (Lipinski definition) is 5. The fraction of sp³-hybridized carbons (Fsp3) is 0.368. The number of nitrogens with zero attached hydrogens (tertiary/aromatic N) is 2. The molecule has 146 valence electrons. The normalized spacial score (nSPS) is 13.5. The lowest BCUT2D eigenvalue weighted by atomic mass is 10.0. The topological polar surface area (TPSA) is 125 Å². The minimum Gasteiger partial charge on any atom is -0.348 e. The van der Waals surface area contributed by atoms with E-state index in [1.165, 1.54) is 6.07 Å². The van der Waals surface area contributed by atoms with Crippen LogP contribution < -0.4 is 21.8 Å². The molecule has 1 aliphatic heterocycles. The van der Waals surface area contributed by atoms with Crippen LogP contribution in [0.5, 0.6) is 0 Å². The molecule has 1 amide bonds. The highest BCUT2D eigenvalue weighted by molar-refractivity contribution is 5.96. The summed E-state index contributed by atoms with van der Waals surface area (Å²) in [6.45, 7) is 5.24. The van der Waals surface area contributed by atoms with Gasteiger partial charge in [-0.2, -0.15) is 0 Å². The molecule has 4 rings (SSSR count). The Bertz CT molecular complexity index is 1220. The number of aromatic amines is 2. The van der Waals surface area contributed by atoms with E-state index in [0.717, 1.165) is 34.6 Å². The lowest BCUT2D eigenvalue weighted by Crippen LogP contribution is -2.33. The molecule has 0 saturated carbocycles. The Labute approximate surface area is 160 Å². The number of H-pyrrole nitrogens is 2. The zero-order chi connectivity index (χ0) is 20.0. The number of pyridine rings is 2. The number of rotatable bonds is 3. The van der Waals surface area contributed by atoms with Crippen molar-refractivity contribution in [2.75, 3.05) is 6.54 Å². The fourth-order valence-electron chi connectivity index (χ4n) is 3.86. The summed E-state index contributed by atoms with van der Waals surface area (Å²) in [6, 6.07) is 1.34. The van der Waals surface area contributed by atoms with Gasteiger partial charge >= 0.3 is 0 Å². The van der Waals surface area contributed by atoms with Gasteiger partial charge in [0, 0.05) is 50.6 Å². The number of hydrogen-bond donors (Lipinski definition) is 4. The maximum absolute atomic E-state index is 12.8. The largest absolute Gasteiger partial charge is 0.348 e. The first-order valence-electron chi connectivity index (χ1n) is 9.15. The van der Waals surface area contributed by atoms with E-state index in [0.29, 0.717) is 29.6 Å². The molecule has 0 unspecified atom stereocenters. The van der Waals surface area contributed by atoms with Crippen molar-refractivity contribution in [3.8, 4) is 0 Å². The standard InChI is InChI=1S/C19H22N6O3/c1-9-12(10(2)22-17-16(9)19(28)24-25(17)3)8-21-18(27)11-6-15(26)23-14-4-5-20-7-13(11)14/h6,20H,4-5,7-8H2,1-3H3,(H,21,27)(H,23,26)(H,24,28). The Kier molecular flexibility index (Phi) is 4.38. The quantitative estimate of drug-likeness (QED) is 0.513. The first-order chi connectivity index (χ1) is 13.4. The van der Waals surface area contributed by atoms with Crippen molar-refractivity contribution in [2.45, 2.75) is 33.4 Å². The molecule has 0 saturated heterocycles. The Morgan fingerprint density at radius 3 is 2.89 bits per heavy atom. The molecule has 0 bridgehead atoms. The van der Waals surface area contributed by atoms with Crippen LogP contribution in [-0.2, 0) is 26.6 Å². The van der Waals surface area contributed by atoms with Gasteiger partial charge in [0.05, 0.1) is 10.9 Å². The second-order valence-corrected chi connectivity index (χ2v) is 7.11. The van der Waals surface area contributed by atoms with Gasteiger partial charge in [0.1, 0.15) is 0 Å². The molecule has 1 aliphatic rings. The monoisotopic (exact) mass is 382 g/mol. The van der Waals surface area contributed by atoms with Gasteiger partial charge in [0.2, 0.25) is 5.56 Å². The predicted molar refractivity (Wildman–Crippen MR) is 104 cm³/mol. The maximum atomic E-state index is 12.8. The van der Waals surface area contributed by atoms with Gasteiger partial charge in [-0.1, -0.05) is 0 Å². The molecule has 0 atom stereocenters. The molecule has 3 aromatic heterocycles. The van der Waals surface area contributed by atoms with Crippen LogP contribution in [0.4, 0.5) is 0 Å². The summed E-state index contributed by atoms with van der Waals surface area (Å²) in [7, 11) is 1.74. The lowest BCUT2D eigenvalue weighted by Gasteiger charge is -2.19. The third-order valence-electron chi connectivity index (χ3n) is 5.34. The molecule has 9 heteroatoms. The summed E-state index contributed by atoms with van der Waals surface area (Å²) in [5.41, 5.74) is 4.45. The third kappa shape index (κ3) is 2.93. The van der Waals surface area contributed by atoms with Gasteiger partial charge in [-0.05, 0) is 30.5 Å². The highest BCUT2D eigenvalue weighted by Gasteiger charge is 2.20. The fourth-order valence-corrected chi connectivity index (χ4v) is 3.86. The van der Waals surface area contributed by atoms with Crippen molar-refractivity contribution in [1.82, 2.24) is 30.4 Å². The van der Waals surface area contributed by atoms with E-state index in [4.69, 9.17) is 0 Å². The number of carbonyl (C=O) groups is 1. The van der Waals surface area contributed by atoms with Gasteiger partial charge in [0.15, 0.2) is 5.65 Å². The van der Waals surface area contributed by atoms with Crippen LogP contribution in [0.25, 0.3) is 11.0 Å². The number of amides is 1. The summed E-state index contributed by atoms with van der Waals surface area (Å²) < 4.78 is 1.59. The molecule has 4 N–H and O–H groups in total. The molecular weight excluding hydrogens is 360 g/mol. The number of carbonyl (C=O) groups excluding carboxylic acids is 1. The predicted octanol–water partition coefficient (Wildman–Crippen LogP) is 0.142. The van der Waals surface area contributed by atoms with Crippen LogP contribution in [0.1, 0.15) is 38.4 Å². The number of aryl methyl sites for hydroxylation is 3. The molecule has 9 nitrogen and oxygen atoms in total. The zero-order valence-corrected chi connectivity index (χ0v) is 16.0. The Morgan fingerprint density at radius 2 is 2.11 bits per heavy atom. The molecule has 0 aliphatic carbocycles. The van der Waals surface area contributed by atoms with Gasteiger partial charge in [0.25, 0.3) is 11.5 Å². The lowest BCUT2D eigenvalue weighted by molar-refractivity contribution is 0.0949. The van der Waals surface area contributed by atoms with Crippen molar-refractivity contribution in [3.63, 3.8) is 0 Å². The SMILES string of the molecule is Cc1nc2c(c(C)c1CNC(=O)c1cc(=O)[nH]c3c1CNCC3)c(=O)[nH]n2C. The highest BCUT2D eigenvalue weighted by Crippen LogP contribution is 2.20. The first-order valence-corrected chi connectivity index (χ1v) is 9.15. The van der Waals surface area contributed by atoms with E-state index in [1.54, 1.807) is 11.7 Å². The zero-order valence-electron chi connectivity index (χ0n) is 16.0. The van der Waals surface area contributed by atoms with Crippen molar-refractivity contribution in [3.05, 3.63) is 60.4 Å². The van der Waals surface area contributed by atoms with Crippen molar-refractivity contribution >= 4 is 16.9 Å². The third-order valence-corrected chi connectivity index (χ3v) is 5.34. The van der Waals surface area contributed by atoms with E-state index < -0.39 is 0 Å². The van der Waals surface area contributed by atoms with Crippen molar-refractivity contribution < 1.29 is 4.79 Å². The van der Waals surface area contributed by atoms with E-state index in [1.807, 2.05) is 13.8 Å². The van der Waals surface area contributed by atoms with Gasteiger partial charge in [-0.15, -0.1) is 0 Å². The van der Waals surface area contributed by atoms with Crippen LogP contribution in [0, 0.1) is 13.8 Å². The average molecular weight is 382 g/mol. The molecule has 4 heterocycles. The van der Waals surface area contributed by atoms with Crippen LogP contribution >= 0.6 is 0 Å². The Morgan fingerprint density at radius 1 is 1.32 bits per heavy atom. The maximum Gasteiger partial charge on any atom is 0.273 e. The van der Waals surface area contributed by atoms with Crippen LogP contribution in [-0.4, -0.2) is 32.2 Å². The molecule has 0 spiro atoms. The van der Waals surface area contributed by atoms with E-state index in [2.05, 4.69) is 25.7 Å². The van der Waals surface area contributed by atoms with E-state index in [9.17, 15) is 14.4 Å². The summed E-state index contributed by atoms with van der Waals surface area (Å²) >= 11 is 0. The Hall–Kier alpha value is -3.20. The number of aromatic nitrogens is 4. The van der Waals surface area contributed by atoms with Gasteiger partial charge < -0.3 is 15.6 Å². The molecule has 28 heavy (non-hydrogen) atoms. The minimum absolute atomic E-state index is 0.204. The van der Waals surface area contributed by atoms with Crippen molar-refractivity contribution in [1.29, 1.82) is 0 Å². The Balaban J connectivity index is 1.66. The summed E-state index contributed by atoms with van der Waals surface area (Å²) in [4.78, 5) is 44.3.